The number of benzene rings is 2. The van der Waals surface area contributed by atoms with E-state index < -0.39 is 0 Å². The van der Waals surface area contributed by atoms with Crippen molar-refractivity contribution in [2.45, 2.75) is 0 Å². The summed E-state index contributed by atoms with van der Waals surface area (Å²) in [4.78, 5) is 25.7. The average molecular weight is 383 g/mol. The van der Waals surface area contributed by atoms with Gasteiger partial charge < -0.3 is 19.5 Å². The molecular formula is C20H21N3O5. The highest BCUT2D eigenvalue weighted by Crippen LogP contribution is 2.12. The Labute approximate surface area is 162 Å². The molecule has 2 amide bonds. The quantitative estimate of drug-likeness (QED) is 0.580. The number of phenolic OH excluding ortho intramolecular Hbond substituents is 1. The van der Waals surface area contributed by atoms with E-state index in [0.717, 1.165) is 5.56 Å². The number of phenols is 1. The molecule has 1 heterocycles. The predicted molar refractivity (Wildman–Crippen MR) is 103 cm³/mol. The van der Waals surface area contributed by atoms with Crippen LogP contribution in [0.2, 0.25) is 0 Å². The highest BCUT2D eigenvalue weighted by molar-refractivity contribution is 5.95. The summed E-state index contributed by atoms with van der Waals surface area (Å²) in [6, 6.07) is 12.9. The van der Waals surface area contributed by atoms with Gasteiger partial charge in [-0.05, 0) is 54.1 Å². The second kappa shape index (κ2) is 9.52. The zero-order valence-corrected chi connectivity index (χ0v) is 15.2. The van der Waals surface area contributed by atoms with Crippen LogP contribution in [0, 0.1) is 0 Å². The lowest BCUT2D eigenvalue weighted by molar-refractivity contribution is -0.137. The molecule has 28 heavy (non-hydrogen) atoms. The van der Waals surface area contributed by atoms with Gasteiger partial charge in [-0.15, -0.1) is 0 Å². The largest absolute Gasteiger partial charge is 0.508 e. The standard InChI is InChI=1S/C20H21N3O5/c24-17-5-3-16(4-6-17)20(26)22-21-13-15-1-7-18(8-2-15)28-14-19(25)23-9-11-27-12-10-23/h1-8,13,24H,9-12,14H2,(H,22,26)/b21-13-. The van der Waals surface area contributed by atoms with Gasteiger partial charge in [-0.2, -0.15) is 5.10 Å². The fourth-order valence-corrected chi connectivity index (χ4v) is 2.54. The molecule has 0 aliphatic carbocycles. The van der Waals surface area contributed by atoms with Crippen LogP contribution in [0.4, 0.5) is 0 Å². The predicted octanol–water partition coefficient (Wildman–Crippen LogP) is 1.39. The van der Waals surface area contributed by atoms with Crippen LogP contribution >= 0.6 is 0 Å². The summed E-state index contributed by atoms with van der Waals surface area (Å²) in [7, 11) is 0. The van der Waals surface area contributed by atoms with E-state index in [0.29, 0.717) is 37.6 Å². The number of morpholine rings is 1. The van der Waals surface area contributed by atoms with E-state index in [2.05, 4.69) is 10.5 Å². The van der Waals surface area contributed by atoms with Gasteiger partial charge in [0, 0.05) is 18.7 Å². The molecular weight excluding hydrogens is 362 g/mol. The van der Waals surface area contributed by atoms with Crippen molar-refractivity contribution in [1.29, 1.82) is 0 Å². The number of nitrogens with one attached hydrogen (secondary N) is 1. The van der Waals surface area contributed by atoms with Crippen LogP contribution in [0.25, 0.3) is 0 Å². The van der Waals surface area contributed by atoms with Crippen molar-refractivity contribution in [2.75, 3.05) is 32.9 Å². The second-order valence-corrected chi connectivity index (χ2v) is 6.10. The highest BCUT2D eigenvalue weighted by Gasteiger charge is 2.17. The molecule has 0 radical (unpaired) electrons. The first kappa shape index (κ1) is 19.4. The molecule has 0 aromatic heterocycles. The Bertz CT molecular complexity index is 828. The van der Waals surface area contributed by atoms with E-state index in [4.69, 9.17) is 9.47 Å². The fraction of sp³-hybridized carbons (Fsp3) is 0.250. The molecule has 0 saturated carbocycles. The molecule has 2 aromatic rings. The second-order valence-electron chi connectivity index (χ2n) is 6.10. The molecule has 1 fully saturated rings. The lowest BCUT2D eigenvalue weighted by atomic mass is 10.2. The summed E-state index contributed by atoms with van der Waals surface area (Å²) >= 11 is 0. The van der Waals surface area contributed by atoms with E-state index in [9.17, 15) is 14.7 Å². The maximum atomic E-state index is 12.0. The average Bonchev–Trinajstić information content (AvgIpc) is 2.74. The Morgan fingerprint density at radius 1 is 1.11 bits per heavy atom. The fourth-order valence-electron chi connectivity index (χ4n) is 2.54. The summed E-state index contributed by atoms with van der Waals surface area (Å²) in [6.07, 6.45) is 1.50. The number of nitrogens with zero attached hydrogens (tertiary/aromatic N) is 2. The zero-order valence-electron chi connectivity index (χ0n) is 15.2. The minimum atomic E-state index is -0.377. The van der Waals surface area contributed by atoms with Crippen molar-refractivity contribution in [3.05, 3.63) is 59.7 Å². The van der Waals surface area contributed by atoms with Crippen LogP contribution in [-0.4, -0.2) is 60.9 Å². The number of hydrogen-bond donors (Lipinski definition) is 2. The minimum absolute atomic E-state index is 0.0177. The lowest BCUT2D eigenvalue weighted by Gasteiger charge is -2.26. The molecule has 0 bridgehead atoms. The Morgan fingerprint density at radius 2 is 1.79 bits per heavy atom. The summed E-state index contributed by atoms with van der Waals surface area (Å²) < 4.78 is 10.7. The molecule has 3 rings (SSSR count). The van der Waals surface area contributed by atoms with Crippen LogP contribution in [0.1, 0.15) is 15.9 Å². The van der Waals surface area contributed by atoms with Crippen molar-refractivity contribution in [1.82, 2.24) is 10.3 Å². The van der Waals surface area contributed by atoms with Crippen molar-refractivity contribution in [3.63, 3.8) is 0 Å². The van der Waals surface area contributed by atoms with Gasteiger partial charge in [0.05, 0.1) is 19.4 Å². The van der Waals surface area contributed by atoms with Crippen LogP contribution in [0.3, 0.4) is 0 Å². The first-order valence-electron chi connectivity index (χ1n) is 8.82. The van der Waals surface area contributed by atoms with Crippen LogP contribution < -0.4 is 10.2 Å². The Morgan fingerprint density at radius 3 is 2.46 bits per heavy atom. The number of rotatable bonds is 6. The Kier molecular flexibility index (Phi) is 6.59. The summed E-state index contributed by atoms with van der Waals surface area (Å²) in [6.45, 7) is 2.28. The summed E-state index contributed by atoms with van der Waals surface area (Å²) in [5.41, 5.74) is 3.57. The number of carbonyl (C=O) groups excluding carboxylic acids is 2. The van der Waals surface area contributed by atoms with Gasteiger partial charge in [-0.1, -0.05) is 0 Å². The summed E-state index contributed by atoms with van der Waals surface area (Å²) in [5.74, 6) is 0.226. The van der Waals surface area contributed by atoms with Gasteiger partial charge in [0.25, 0.3) is 11.8 Å². The maximum absolute atomic E-state index is 12.0. The van der Waals surface area contributed by atoms with E-state index in [1.165, 1.54) is 30.5 Å². The monoisotopic (exact) mass is 383 g/mol. The molecule has 2 aromatic carbocycles. The number of aromatic hydroxyl groups is 1. The van der Waals surface area contributed by atoms with Crippen LogP contribution in [0.5, 0.6) is 11.5 Å². The van der Waals surface area contributed by atoms with Crippen molar-refractivity contribution in [3.8, 4) is 11.5 Å². The van der Waals surface area contributed by atoms with Gasteiger partial charge in [0.15, 0.2) is 6.61 Å². The van der Waals surface area contributed by atoms with E-state index in [-0.39, 0.29) is 24.2 Å². The normalized spacial score (nSPS) is 14.1. The van der Waals surface area contributed by atoms with E-state index in [1.807, 2.05) is 0 Å². The maximum Gasteiger partial charge on any atom is 0.271 e. The number of hydrogen-bond acceptors (Lipinski definition) is 6. The number of hydrazone groups is 1. The topological polar surface area (TPSA) is 100 Å². The number of ether oxygens (including phenoxy) is 2. The first-order valence-corrected chi connectivity index (χ1v) is 8.82. The summed E-state index contributed by atoms with van der Waals surface area (Å²) in [5, 5.41) is 13.1. The number of amides is 2. The molecule has 1 aliphatic rings. The Hall–Kier alpha value is -3.39. The SMILES string of the molecule is O=C(N/N=C\c1ccc(OCC(=O)N2CCOCC2)cc1)c1ccc(O)cc1. The lowest BCUT2D eigenvalue weighted by Crippen LogP contribution is -2.42. The third-order valence-corrected chi connectivity index (χ3v) is 4.12. The minimum Gasteiger partial charge on any atom is -0.508 e. The van der Waals surface area contributed by atoms with Crippen molar-refractivity contribution < 1.29 is 24.2 Å². The van der Waals surface area contributed by atoms with Crippen molar-refractivity contribution in [2.24, 2.45) is 5.10 Å². The first-order chi connectivity index (χ1) is 13.6. The Balaban J connectivity index is 1.45. The molecule has 1 aliphatic heterocycles. The van der Waals surface area contributed by atoms with Gasteiger partial charge >= 0.3 is 0 Å². The molecule has 0 spiro atoms. The van der Waals surface area contributed by atoms with Crippen LogP contribution in [-0.2, 0) is 9.53 Å². The van der Waals surface area contributed by atoms with E-state index in [1.54, 1.807) is 29.2 Å². The number of carbonyl (C=O) groups is 2. The third kappa shape index (κ3) is 5.55. The molecule has 8 nitrogen and oxygen atoms in total. The molecule has 2 N–H and O–H groups in total. The third-order valence-electron chi connectivity index (χ3n) is 4.12. The molecule has 0 atom stereocenters. The van der Waals surface area contributed by atoms with Gasteiger partial charge in [0.2, 0.25) is 0 Å². The molecule has 1 saturated heterocycles. The van der Waals surface area contributed by atoms with Crippen molar-refractivity contribution >= 4 is 18.0 Å². The molecule has 0 unspecified atom stereocenters. The van der Waals surface area contributed by atoms with Gasteiger partial charge in [-0.25, -0.2) is 5.43 Å². The van der Waals surface area contributed by atoms with Crippen LogP contribution in [0.15, 0.2) is 53.6 Å². The smallest absolute Gasteiger partial charge is 0.271 e. The van der Waals surface area contributed by atoms with Gasteiger partial charge in [0.1, 0.15) is 11.5 Å². The molecule has 8 heteroatoms. The van der Waals surface area contributed by atoms with E-state index >= 15 is 0 Å². The van der Waals surface area contributed by atoms with Gasteiger partial charge in [-0.3, -0.25) is 9.59 Å². The molecule has 146 valence electrons. The highest BCUT2D eigenvalue weighted by atomic mass is 16.5. The zero-order chi connectivity index (χ0) is 19.8.